The van der Waals surface area contributed by atoms with Gasteiger partial charge in [0.2, 0.25) is 0 Å². The predicted molar refractivity (Wildman–Crippen MR) is 71.4 cm³/mol. The first kappa shape index (κ1) is 11.0. The standard InChI is InChI=1S/C14H15N3O/c1-9-12(6-7-18)17-14(16-9)11-8-15-13-5-3-2-4-10(11)13/h2-5,8,15,18H,6-7H2,1H3,(H,16,17). The molecule has 0 amide bonds. The minimum Gasteiger partial charge on any atom is -0.396 e. The van der Waals surface area contributed by atoms with Crippen molar-refractivity contribution in [3.8, 4) is 11.4 Å². The highest BCUT2D eigenvalue weighted by atomic mass is 16.3. The van der Waals surface area contributed by atoms with E-state index in [4.69, 9.17) is 5.11 Å². The van der Waals surface area contributed by atoms with Crippen molar-refractivity contribution in [2.75, 3.05) is 6.61 Å². The van der Waals surface area contributed by atoms with E-state index in [1.54, 1.807) is 0 Å². The van der Waals surface area contributed by atoms with Crippen LogP contribution >= 0.6 is 0 Å². The molecule has 3 N–H and O–H groups in total. The second kappa shape index (κ2) is 4.31. The van der Waals surface area contributed by atoms with Crippen molar-refractivity contribution in [3.05, 3.63) is 41.9 Å². The predicted octanol–water partition coefficient (Wildman–Crippen LogP) is 2.40. The highest BCUT2D eigenvalue weighted by molar-refractivity contribution is 5.93. The van der Waals surface area contributed by atoms with Gasteiger partial charge in [-0.1, -0.05) is 18.2 Å². The number of aliphatic hydroxyl groups is 1. The Kier molecular flexibility index (Phi) is 2.64. The van der Waals surface area contributed by atoms with Gasteiger partial charge >= 0.3 is 0 Å². The molecule has 3 aromatic rings. The zero-order valence-electron chi connectivity index (χ0n) is 10.2. The van der Waals surface area contributed by atoms with E-state index in [0.29, 0.717) is 6.42 Å². The minimum atomic E-state index is 0.124. The molecule has 0 saturated carbocycles. The molecule has 0 radical (unpaired) electrons. The highest BCUT2D eigenvalue weighted by Gasteiger charge is 2.11. The summed E-state index contributed by atoms with van der Waals surface area (Å²) in [5.41, 5.74) is 4.12. The quantitative estimate of drug-likeness (QED) is 0.659. The van der Waals surface area contributed by atoms with Crippen LogP contribution in [-0.4, -0.2) is 26.7 Å². The molecule has 2 heterocycles. The number of benzene rings is 1. The number of imidazole rings is 1. The Balaban J connectivity index is 2.11. The van der Waals surface area contributed by atoms with Crippen molar-refractivity contribution in [1.82, 2.24) is 15.0 Å². The molecule has 0 saturated heterocycles. The van der Waals surface area contributed by atoms with Crippen LogP contribution in [0, 0.1) is 6.92 Å². The van der Waals surface area contributed by atoms with Crippen LogP contribution in [0.3, 0.4) is 0 Å². The molecule has 0 bridgehead atoms. The van der Waals surface area contributed by atoms with Gasteiger partial charge in [-0.3, -0.25) is 0 Å². The lowest BCUT2D eigenvalue weighted by Gasteiger charge is -1.93. The van der Waals surface area contributed by atoms with E-state index in [9.17, 15) is 0 Å². The van der Waals surface area contributed by atoms with Gasteiger partial charge in [0, 0.05) is 41.4 Å². The van der Waals surface area contributed by atoms with Gasteiger partial charge in [0.1, 0.15) is 5.82 Å². The van der Waals surface area contributed by atoms with Crippen LogP contribution in [0.1, 0.15) is 11.4 Å². The van der Waals surface area contributed by atoms with Gasteiger partial charge in [-0.05, 0) is 13.0 Å². The smallest absolute Gasteiger partial charge is 0.139 e. The molecule has 1 aromatic carbocycles. The molecule has 18 heavy (non-hydrogen) atoms. The Morgan fingerprint density at radius 1 is 1.28 bits per heavy atom. The average molecular weight is 241 g/mol. The summed E-state index contributed by atoms with van der Waals surface area (Å²) in [6.07, 6.45) is 2.55. The van der Waals surface area contributed by atoms with E-state index in [1.807, 2.05) is 31.3 Å². The molecular formula is C14H15N3O. The van der Waals surface area contributed by atoms with Crippen LogP contribution in [0.4, 0.5) is 0 Å². The monoisotopic (exact) mass is 241 g/mol. The van der Waals surface area contributed by atoms with Crippen molar-refractivity contribution < 1.29 is 5.11 Å². The summed E-state index contributed by atoms with van der Waals surface area (Å²) >= 11 is 0. The van der Waals surface area contributed by atoms with E-state index >= 15 is 0 Å². The van der Waals surface area contributed by atoms with Gasteiger partial charge in [-0.2, -0.15) is 0 Å². The van der Waals surface area contributed by atoms with Crippen LogP contribution in [0.2, 0.25) is 0 Å². The lowest BCUT2D eigenvalue weighted by Crippen LogP contribution is -1.92. The summed E-state index contributed by atoms with van der Waals surface area (Å²) in [6.45, 7) is 2.11. The number of aliphatic hydroxyl groups excluding tert-OH is 1. The summed E-state index contributed by atoms with van der Waals surface area (Å²) < 4.78 is 0. The van der Waals surface area contributed by atoms with E-state index < -0.39 is 0 Å². The number of rotatable bonds is 3. The fourth-order valence-corrected chi connectivity index (χ4v) is 2.24. The Hall–Kier alpha value is -2.07. The average Bonchev–Trinajstić information content (AvgIpc) is 2.94. The summed E-state index contributed by atoms with van der Waals surface area (Å²) in [6, 6.07) is 8.14. The first-order chi connectivity index (χ1) is 8.79. The number of aromatic amines is 2. The maximum Gasteiger partial charge on any atom is 0.139 e. The lowest BCUT2D eigenvalue weighted by atomic mass is 10.2. The Morgan fingerprint density at radius 3 is 2.94 bits per heavy atom. The van der Waals surface area contributed by atoms with Gasteiger partial charge in [0.25, 0.3) is 0 Å². The fourth-order valence-electron chi connectivity index (χ4n) is 2.24. The third kappa shape index (κ3) is 1.71. The molecule has 0 aliphatic rings. The minimum absolute atomic E-state index is 0.124. The molecule has 0 spiro atoms. The van der Waals surface area contributed by atoms with Crippen LogP contribution in [0.25, 0.3) is 22.3 Å². The molecule has 0 fully saturated rings. The number of nitrogens with one attached hydrogen (secondary N) is 2. The molecule has 0 aliphatic heterocycles. The van der Waals surface area contributed by atoms with Crippen LogP contribution in [-0.2, 0) is 6.42 Å². The molecule has 2 aromatic heterocycles. The third-order valence-corrected chi connectivity index (χ3v) is 3.18. The van der Waals surface area contributed by atoms with Crippen molar-refractivity contribution in [2.45, 2.75) is 13.3 Å². The van der Waals surface area contributed by atoms with Crippen LogP contribution < -0.4 is 0 Å². The Bertz CT molecular complexity index is 681. The Labute approximate surface area is 105 Å². The zero-order chi connectivity index (χ0) is 12.5. The molecule has 4 heteroatoms. The van der Waals surface area contributed by atoms with E-state index in [1.165, 1.54) is 0 Å². The van der Waals surface area contributed by atoms with Gasteiger partial charge in [0.15, 0.2) is 0 Å². The SMILES string of the molecule is Cc1[nH]c(-c2c[nH]c3ccccc23)nc1CCO. The van der Waals surface area contributed by atoms with Gasteiger partial charge in [0.05, 0.1) is 5.69 Å². The normalized spacial score (nSPS) is 11.2. The molecular weight excluding hydrogens is 226 g/mol. The van der Waals surface area contributed by atoms with Gasteiger partial charge in [-0.15, -0.1) is 0 Å². The number of aromatic nitrogens is 3. The summed E-state index contributed by atoms with van der Waals surface area (Å²) in [5.74, 6) is 0.855. The van der Waals surface area contributed by atoms with Crippen molar-refractivity contribution >= 4 is 10.9 Å². The van der Waals surface area contributed by atoms with Crippen LogP contribution in [0.15, 0.2) is 30.5 Å². The number of hydrogen-bond acceptors (Lipinski definition) is 2. The second-order valence-electron chi connectivity index (χ2n) is 4.38. The number of fused-ring (bicyclic) bond motifs is 1. The molecule has 3 rings (SSSR count). The third-order valence-electron chi connectivity index (χ3n) is 3.18. The summed E-state index contributed by atoms with van der Waals surface area (Å²) in [5, 5.41) is 10.2. The maximum absolute atomic E-state index is 9.00. The van der Waals surface area contributed by atoms with Gasteiger partial charge < -0.3 is 15.1 Å². The number of hydrogen-bond donors (Lipinski definition) is 3. The van der Waals surface area contributed by atoms with Gasteiger partial charge in [-0.25, -0.2) is 4.98 Å². The molecule has 0 atom stereocenters. The molecule has 92 valence electrons. The number of H-pyrrole nitrogens is 2. The molecule has 0 unspecified atom stereocenters. The number of para-hydroxylation sites is 1. The molecule has 0 aliphatic carbocycles. The molecule has 4 nitrogen and oxygen atoms in total. The topological polar surface area (TPSA) is 64.7 Å². The largest absolute Gasteiger partial charge is 0.396 e. The zero-order valence-corrected chi connectivity index (χ0v) is 10.2. The van der Waals surface area contributed by atoms with E-state index in [-0.39, 0.29) is 6.61 Å². The van der Waals surface area contributed by atoms with E-state index in [2.05, 4.69) is 21.0 Å². The summed E-state index contributed by atoms with van der Waals surface area (Å²) in [4.78, 5) is 11.1. The van der Waals surface area contributed by atoms with Crippen molar-refractivity contribution in [3.63, 3.8) is 0 Å². The fraction of sp³-hybridized carbons (Fsp3) is 0.214. The summed E-state index contributed by atoms with van der Waals surface area (Å²) in [7, 11) is 0. The van der Waals surface area contributed by atoms with Crippen molar-refractivity contribution in [1.29, 1.82) is 0 Å². The maximum atomic E-state index is 9.00. The Morgan fingerprint density at radius 2 is 2.11 bits per heavy atom. The van der Waals surface area contributed by atoms with Crippen LogP contribution in [0.5, 0.6) is 0 Å². The first-order valence-electron chi connectivity index (χ1n) is 6.02. The van der Waals surface area contributed by atoms with E-state index in [0.717, 1.165) is 33.7 Å². The number of nitrogens with zero attached hydrogens (tertiary/aromatic N) is 1. The second-order valence-corrected chi connectivity index (χ2v) is 4.38. The first-order valence-corrected chi connectivity index (χ1v) is 6.02. The number of aryl methyl sites for hydroxylation is 1. The highest BCUT2D eigenvalue weighted by Crippen LogP contribution is 2.27. The van der Waals surface area contributed by atoms with Crippen molar-refractivity contribution in [2.24, 2.45) is 0 Å². The lowest BCUT2D eigenvalue weighted by molar-refractivity contribution is 0.298.